The molecule has 0 amide bonds. The van der Waals surface area contributed by atoms with Gasteiger partial charge in [0.2, 0.25) is 0 Å². The highest BCUT2D eigenvalue weighted by molar-refractivity contribution is 5.78. The quantitative estimate of drug-likeness (QED) is 0.612. The molecule has 0 spiro atoms. The van der Waals surface area contributed by atoms with Gasteiger partial charge < -0.3 is 9.47 Å². The van der Waals surface area contributed by atoms with Gasteiger partial charge in [-0.15, -0.1) is 0 Å². The standard InChI is InChI=1S/C21H26O2/c1-20(2,3)22-16-9-7-14-11-15-8-10-17(23-21(4,5)6)13-19(15)18(14)12-16/h7-10,12-13H,11H2,1-6H3. The second-order valence-corrected chi connectivity index (χ2v) is 8.24. The van der Waals surface area contributed by atoms with Crippen molar-refractivity contribution in [3.05, 3.63) is 47.5 Å². The molecule has 2 aromatic rings. The molecule has 0 heterocycles. The van der Waals surface area contributed by atoms with E-state index >= 15 is 0 Å². The Bertz CT molecular complexity index is 667. The summed E-state index contributed by atoms with van der Waals surface area (Å²) in [6.45, 7) is 12.4. The molecule has 0 atom stereocenters. The van der Waals surface area contributed by atoms with Crippen molar-refractivity contribution in [1.82, 2.24) is 0 Å². The molecule has 0 aliphatic heterocycles. The fraction of sp³-hybridized carbons (Fsp3) is 0.429. The van der Waals surface area contributed by atoms with Crippen LogP contribution in [0, 0.1) is 0 Å². The van der Waals surface area contributed by atoms with E-state index in [2.05, 4.69) is 77.9 Å². The van der Waals surface area contributed by atoms with Crippen LogP contribution < -0.4 is 9.47 Å². The van der Waals surface area contributed by atoms with E-state index in [0.29, 0.717) is 0 Å². The number of hydrogen-bond acceptors (Lipinski definition) is 2. The second kappa shape index (κ2) is 5.30. The van der Waals surface area contributed by atoms with E-state index in [9.17, 15) is 0 Å². The van der Waals surface area contributed by atoms with Crippen molar-refractivity contribution in [2.75, 3.05) is 0 Å². The zero-order valence-corrected chi connectivity index (χ0v) is 15.0. The lowest BCUT2D eigenvalue weighted by Gasteiger charge is -2.22. The summed E-state index contributed by atoms with van der Waals surface area (Å²) in [5, 5.41) is 0. The summed E-state index contributed by atoms with van der Waals surface area (Å²) in [6, 6.07) is 12.8. The van der Waals surface area contributed by atoms with Crippen LogP contribution in [0.4, 0.5) is 0 Å². The molecule has 3 rings (SSSR count). The Labute approximate surface area is 139 Å². The van der Waals surface area contributed by atoms with Gasteiger partial charge in [0.25, 0.3) is 0 Å². The molecule has 23 heavy (non-hydrogen) atoms. The molecule has 0 N–H and O–H groups in total. The first-order valence-electron chi connectivity index (χ1n) is 8.25. The van der Waals surface area contributed by atoms with E-state index in [0.717, 1.165) is 17.9 Å². The summed E-state index contributed by atoms with van der Waals surface area (Å²) in [5.41, 5.74) is 4.87. The van der Waals surface area contributed by atoms with Gasteiger partial charge in [-0.25, -0.2) is 0 Å². The molecule has 0 fully saturated rings. The molecule has 1 aliphatic carbocycles. The Balaban J connectivity index is 1.97. The van der Waals surface area contributed by atoms with Crippen LogP contribution in [0.3, 0.4) is 0 Å². The number of benzene rings is 2. The van der Waals surface area contributed by atoms with Crippen LogP contribution in [0.25, 0.3) is 11.1 Å². The van der Waals surface area contributed by atoms with Gasteiger partial charge in [-0.2, -0.15) is 0 Å². The van der Waals surface area contributed by atoms with Gasteiger partial charge in [0.1, 0.15) is 22.7 Å². The van der Waals surface area contributed by atoms with Crippen molar-refractivity contribution in [3.63, 3.8) is 0 Å². The molecule has 2 nitrogen and oxygen atoms in total. The topological polar surface area (TPSA) is 18.5 Å². The molecule has 2 heteroatoms. The number of rotatable bonds is 2. The summed E-state index contributed by atoms with van der Waals surface area (Å²) in [5.74, 6) is 1.84. The average Bonchev–Trinajstić information content (AvgIpc) is 2.73. The van der Waals surface area contributed by atoms with Crippen LogP contribution in [0.5, 0.6) is 11.5 Å². The third-order valence-electron chi connectivity index (χ3n) is 3.68. The first-order chi connectivity index (χ1) is 10.6. The summed E-state index contributed by atoms with van der Waals surface area (Å²) >= 11 is 0. The minimum atomic E-state index is -0.188. The van der Waals surface area contributed by atoms with Gasteiger partial charge in [-0.05, 0) is 94.5 Å². The van der Waals surface area contributed by atoms with E-state index < -0.39 is 0 Å². The fourth-order valence-electron chi connectivity index (χ4n) is 2.96. The van der Waals surface area contributed by atoms with Gasteiger partial charge >= 0.3 is 0 Å². The Kier molecular flexibility index (Phi) is 3.66. The average molecular weight is 310 g/mol. The van der Waals surface area contributed by atoms with Crippen LogP contribution in [-0.4, -0.2) is 11.2 Å². The third-order valence-corrected chi connectivity index (χ3v) is 3.68. The summed E-state index contributed by atoms with van der Waals surface area (Å²) in [6.07, 6.45) is 0.982. The molecule has 0 saturated heterocycles. The predicted molar refractivity (Wildman–Crippen MR) is 95.4 cm³/mol. The van der Waals surface area contributed by atoms with Gasteiger partial charge in [0.15, 0.2) is 0 Å². The molecule has 2 aromatic carbocycles. The largest absolute Gasteiger partial charge is 0.488 e. The van der Waals surface area contributed by atoms with E-state index in [4.69, 9.17) is 9.47 Å². The Hall–Kier alpha value is -1.96. The molecule has 0 bridgehead atoms. The SMILES string of the molecule is CC(C)(C)Oc1ccc2c(c1)-c1cc(OC(C)(C)C)ccc1C2. The van der Waals surface area contributed by atoms with Crippen molar-refractivity contribution in [3.8, 4) is 22.6 Å². The summed E-state index contributed by atoms with van der Waals surface area (Å²) in [4.78, 5) is 0. The third kappa shape index (κ3) is 3.69. The molecule has 0 saturated carbocycles. The zero-order valence-electron chi connectivity index (χ0n) is 15.0. The van der Waals surface area contributed by atoms with Crippen LogP contribution in [0.2, 0.25) is 0 Å². The van der Waals surface area contributed by atoms with E-state index in [1.165, 1.54) is 22.3 Å². The molecule has 0 aromatic heterocycles. The van der Waals surface area contributed by atoms with Crippen molar-refractivity contribution in [2.45, 2.75) is 59.2 Å². The molecular formula is C21H26O2. The van der Waals surface area contributed by atoms with Crippen molar-refractivity contribution < 1.29 is 9.47 Å². The van der Waals surface area contributed by atoms with Crippen molar-refractivity contribution in [2.24, 2.45) is 0 Å². The number of ether oxygens (including phenoxy) is 2. The zero-order chi connectivity index (χ0) is 16.8. The molecule has 0 unspecified atom stereocenters. The lowest BCUT2D eigenvalue weighted by Crippen LogP contribution is -2.23. The van der Waals surface area contributed by atoms with E-state index in [1.807, 2.05) is 0 Å². The Morgan fingerprint density at radius 2 is 1.04 bits per heavy atom. The van der Waals surface area contributed by atoms with Crippen molar-refractivity contribution >= 4 is 0 Å². The highest BCUT2D eigenvalue weighted by atomic mass is 16.5. The maximum absolute atomic E-state index is 6.02. The summed E-state index contributed by atoms with van der Waals surface area (Å²) < 4.78 is 12.0. The molecule has 0 radical (unpaired) electrons. The monoisotopic (exact) mass is 310 g/mol. The van der Waals surface area contributed by atoms with Gasteiger partial charge in [-0.3, -0.25) is 0 Å². The molecule has 1 aliphatic rings. The van der Waals surface area contributed by atoms with Gasteiger partial charge in [0, 0.05) is 0 Å². The first-order valence-corrected chi connectivity index (χ1v) is 8.25. The predicted octanol–water partition coefficient (Wildman–Crippen LogP) is 5.61. The number of hydrogen-bond donors (Lipinski definition) is 0. The minimum absolute atomic E-state index is 0.188. The van der Waals surface area contributed by atoms with Crippen LogP contribution in [0.15, 0.2) is 36.4 Å². The summed E-state index contributed by atoms with van der Waals surface area (Å²) in [7, 11) is 0. The van der Waals surface area contributed by atoms with Crippen LogP contribution in [0.1, 0.15) is 52.7 Å². The Morgan fingerprint density at radius 1 is 0.652 bits per heavy atom. The van der Waals surface area contributed by atoms with Crippen molar-refractivity contribution in [1.29, 1.82) is 0 Å². The molecular weight excluding hydrogens is 284 g/mol. The van der Waals surface area contributed by atoms with Crippen LogP contribution >= 0.6 is 0 Å². The normalized spacial score (nSPS) is 13.5. The van der Waals surface area contributed by atoms with Gasteiger partial charge in [0.05, 0.1) is 0 Å². The van der Waals surface area contributed by atoms with Gasteiger partial charge in [-0.1, -0.05) is 12.1 Å². The van der Waals surface area contributed by atoms with Crippen LogP contribution in [-0.2, 0) is 6.42 Å². The highest BCUT2D eigenvalue weighted by Gasteiger charge is 2.22. The smallest absolute Gasteiger partial charge is 0.120 e. The van der Waals surface area contributed by atoms with E-state index in [-0.39, 0.29) is 11.2 Å². The van der Waals surface area contributed by atoms with E-state index in [1.54, 1.807) is 0 Å². The maximum atomic E-state index is 6.02. The maximum Gasteiger partial charge on any atom is 0.120 e. The Morgan fingerprint density at radius 3 is 1.39 bits per heavy atom. The minimum Gasteiger partial charge on any atom is -0.488 e. The lowest BCUT2D eigenvalue weighted by molar-refractivity contribution is 0.130. The second-order valence-electron chi connectivity index (χ2n) is 8.24. The fourth-order valence-corrected chi connectivity index (χ4v) is 2.96. The highest BCUT2D eigenvalue weighted by Crippen LogP contribution is 2.41. The number of fused-ring (bicyclic) bond motifs is 3. The lowest BCUT2D eigenvalue weighted by atomic mass is 10.0. The molecule has 122 valence electrons. The first kappa shape index (κ1) is 15.9.